The van der Waals surface area contributed by atoms with Gasteiger partial charge in [0.25, 0.3) is 5.56 Å². The molecular weight excluding hydrogens is 534 g/mol. The molecule has 1 aromatic heterocycles. The van der Waals surface area contributed by atoms with Gasteiger partial charge < -0.3 is 25.1 Å². The maximum absolute atomic E-state index is 13.8. The fraction of sp³-hybridized carbons (Fsp3) is 0.656. The Hall–Kier alpha value is -3.27. The van der Waals surface area contributed by atoms with Gasteiger partial charge in [-0.25, -0.2) is 9.78 Å². The molecule has 2 aliphatic carbocycles. The quantitative estimate of drug-likeness (QED) is 0.308. The first kappa shape index (κ1) is 30.2. The molecule has 10 heteroatoms. The van der Waals surface area contributed by atoms with Crippen molar-refractivity contribution in [1.29, 1.82) is 0 Å². The summed E-state index contributed by atoms with van der Waals surface area (Å²) in [7, 11) is 1.52. The largest absolute Gasteiger partial charge is 0.479 e. The third-order valence-electron chi connectivity index (χ3n) is 9.47. The summed E-state index contributed by atoms with van der Waals surface area (Å²) in [6, 6.07) is 8.25. The van der Waals surface area contributed by atoms with Crippen LogP contribution < -0.4 is 16.2 Å². The molecule has 4 aliphatic rings. The second-order valence-corrected chi connectivity index (χ2v) is 12.4. The monoisotopic (exact) mass is 579 g/mol. The van der Waals surface area contributed by atoms with Gasteiger partial charge >= 0.3 is 5.97 Å². The Morgan fingerprint density at radius 3 is 2.26 bits per heavy atom. The average molecular weight is 580 g/mol. The molecule has 10 nitrogen and oxygen atoms in total. The molecule has 2 saturated heterocycles. The number of aromatic nitrogens is 2. The molecule has 0 spiro atoms. The second kappa shape index (κ2) is 14.3. The van der Waals surface area contributed by atoms with Crippen molar-refractivity contribution in [2.24, 2.45) is 17.0 Å². The predicted molar refractivity (Wildman–Crippen MR) is 162 cm³/mol. The number of piperidine rings is 2. The Morgan fingerprint density at radius 2 is 1.64 bits per heavy atom. The lowest BCUT2D eigenvalue weighted by atomic mass is 9.72. The first-order valence-corrected chi connectivity index (χ1v) is 15.8. The number of fused-ring (bicyclic) bond motifs is 5. The lowest BCUT2D eigenvalue weighted by Crippen LogP contribution is -2.50. The molecular formula is C32H45N5O5. The van der Waals surface area contributed by atoms with Gasteiger partial charge in [-0.15, -0.1) is 0 Å². The molecule has 2 aliphatic heterocycles. The maximum atomic E-state index is 13.8. The van der Waals surface area contributed by atoms with Crippen LogP contribution in [0.4, 0.5) is 0 Å². The molecule has 6 rings (SSSR count). The molecule has 1 amide bonds. The molecule has 1 aromatic carbocycles. The fourth-order valence-electron chi connectivity index (χ4n) is 7.50. The van der Waals surface area contributed by atoms with E-state index in [1.807, 2.05) is 28.8 Å². The van der Waals surface area contributed by atoms with E-state index in [1.165, 1.54) is 26.3 Å². The van der Waals surface area contributed by atoms with Crippen molar-refractivity contribution in [1.82, 2.24) is 20.2 Å². The molecule has 2 unspecified atom stereocenters. The van der Waals surface area contributed by atoms with Crippen molar-refractivity contribution in [3.8, 4) is 0 Å². The number of para-hydroxylation sites is 2. The van der Waals surface area contributed by atoms with E-state index >= 15 is 0 Å². The van der Waals surface area contributed by atoms with E-state index in [2.05, 4.69) is 20.8 Å². The molecule has 0 radical (unpaired) electrons. The van der Waals surface area contributed by atoms with E-state index in [0.717, 1.165) is 43.0 Å². The number of hydrogen-bond donors (Lipinski definition) is 3. The third-order valence-corrected chi connectivity index (χ3v) is 9.47. The second-order valence-electron chi connectivity index (χ2n) is 12.4. The number of aliphatic carboxylic acids is 1. The van der Waals surface area contributed by atoms with Crippen LogP contribution in [0.2, 0.25) is 0 Å². The number of nitrogens with one attached hydrogen (secondary N) is 2. The summed E-state index contributed by atoms with van der Waals surface area (Å²) in [5.41, 5.74) is 1.36. The summed E-state index contributed by atoms with van der Waals surface area (Å²) in [5.74, 6) is 0.887. The van der Waals surface area contributed by atoms with Gasteiger partial charge in [-0.05, 0) is 56.1 Å². The van der Waals surface area contributed by atoms with Crippen LogP contribution in [-0.4, -0.2) is 58.0 Å². The standard InChI is InChI=1S/C23H29N5O5.C9H16/c1-24-20(29)10-9-18(27-33-13-21(30)31)22-23(32)28(19-8-3-2-7-17(19)26-22)16-11-14-5-4-6-15(12-16)25-14;1-3-8-5-2-6-9(4-1)7-8/h2-3,7-8,14-16,25H,4-6,9-13H2,1H3,(H,24,29)(H,30,31);8-9H,1-7H2/b27-18+;. The Kier molecular flexibility index (Phi) is 10.3. The van der Waals surface area contributed by atoms with Crippen LogP contribution in [0.3, 0.4) is 0 Å². The number of nitrogens with zero attached hydrogens (tertiary/aromatic N) is 3. The van der Waals surface area contributed by atoms with E-state index in [1.54, 1.807) is 32.1 Å². The van der Waals surface area contributed by atoms with Crippen LogP contribution in [0.1, 0.15) is 102 Å². The van der Waals surface area contributed by atoms with Crippen molar-refractivity contribution in [3.63, 3.8) is 0 Å². The van der Waals surface area contributed by atoms with E-state index in [4.69, 9.17) is 9.94 Å². The highest BCUT2D eigenvalue weighted by atomic mass is 16.6. The van der Waals surface area contributed by atoms with Crippen molar-refractivity contribution in [2.45, 2.75) is 108 Å². The summed E-state index contributed by atoms with van der Waals surface area (Å²) in [5, 5.41) is 19.0. The van der Waals surface area contributed by atoms with Crippen LogP contribution in [0.5, 0.6) is 0 Å². The van der Waals surface area contributed by atoms with E-state index in [-0.39, 0.29) is 41.8 Å². The fourth-order valence-corrected chi connectivity index (χ4v) is 7.50. The maximum Gasteiger partial charge on any atom is 0.344 e. The van der Waals surface area contributed by atoms with Crippen molar-refractivity contribution in [3.05, 3.63) is 40.3 Å². The van der Waals surface area contributed by atoms with E-state index in [9.17, 15) is 14.4 Å². The minimum absolute atomic E-state index is 0.0147. The van der Waals surface area contributed by atoms with E-state index in [0.29, 0.717) is 17.6 Å². The molecule has 3 heterocycles. The minimum Gasteiger partial charge on any atom is -0.479 e. The molecule has 2 saturated carbocycles. The number of carboxylic acid groups (broad SMARTS) is 1. The molecule has 42 heavy (non-hydrogen) atoms. The average Bonchev–Trinajstić information content (AvgIpc) is 2.98. The summed E-state index contributed by atoms with van der Waals surface area (Å²) >= 11 is 0. The number of benzene rings is 1. The molecule has 228 valence electrons. The number of carbonyl (C=O) groups excluding carboxylic acids is 1. The van der Waals surface area contributed by atoms with E-state index < -0.39 is 12.6 Å². The first-order valence-electron chi connectivity index (χ1n) is 15.8. The Balaban J connectivity index is 0.000000330. The van der Waals surface area contributed by atoms with Crippen LogP contribution in [-0.2, 0) is 14.4 Å². The number of carboxylic acids is 1. The van der Waals surface area contributed by atoms with Crippen molar-refractivity contribution >= 4 is 28.6 Å². The molecule has 4 fully saturated rings. The lowest BCUT2D eigenvalue weighted by Gasteiger charge is -2.41. The summed E-state index contributed by atoms with van der Waals surface area (Å²) in [4.78, 5) is 46.0. The highest BCUT2D eigenvalue weighted by Crippen LogP contribution is 2.39. The number of rotatable bonds is 8. The Morgan fingerprint density at radius 1 is 1.00 bits per heavy atom. The highest BCUT2D eigenvalue weighted by Gasteiger charge is 2.34. The normalized spacial score (nSPS) is 27.0. The number of hydrogen-bond acceptors (Lipinski definition) is 7. The van der Waals surface area contributed by atoms with Crippen LogP contribution in [0, 0.1) is 11.8 Å². The number of amides is 1. The lowest BCUT2D eigenvalue weighted by molar-refractivity contribution is -0.142. The van der Waals surface area contributed by atoms with Crippen LogP contribution in [0.15, 0.2) is 34.2 Å². The van der Waals surface area contributed by atoms with Crippen LogP contribution in [0.25, 0.3) is 11.0 Å². The molecule has 2 aromatic rings. The summed E-state index contributed by atoms with van der Waals surface area (Å²) < 4.78 is 1.82. The highest BCUT2D eigenvalue weighted by molar-refractivity contribution is 6.01. The van der Waals surface area contributed by atoms with Gasteiger partial charge in [-0.3, -0.25) is 9.59 Å². The third kappa shape index (κ3) is 7.56. The molecule has 2 atom stereocenters. The van der Waals surface area contributed by atoms with Crippen molar-refractivity contribution < 1.29 is 19.5 Å². The number of carbonyl (C=O) groups is 2. The minimum atomic E-state index is -1.19. The SMILES string of the molecule is C1CC2CCCC(C1)C2.CNC(=O)CC/C(=N\OCC(=O)O)c1nc2ccccc2n(C2CC3CCCC(C2)N3)c1=O. The molecule has 3 N–H and O–H groups in total. The summed E-state index contributed by atoms with van der Waals surface area (Å²) in [6.07, 6.45) is 16.1. The van der Waals surface area contributed by atoms with Gasteiger partial charge in [0.15, 0.2) is 5.69 Å². The zero-order valence-corrected chi connectivity index (χ0v) is 24.7. The predicted octanol–water partition coefficient (Wildman–Crippen LogP) is 4.55. The number of oxime groups is 1. The Bertz CT molecular complexity index is 1310. The smallest absolute Gasteiger partial charge is 0.344 e. The zero-order valence-electron chi connectivity index (χ0n) is 24.7. The van der Waals surface area contributed by atoms with Gasteiger partial charge in [0.2, 0.25) is 12.5 Å². The van der Waals surface area contributed by atoms with Gasteiger partial charge in [0.1, 0.15) is 5.71 Å². The van der Waals surface area contributed by atoms with Gasteiger partial charge in [0.05, 0.1) is 11.0 Å². The first-order chi connectivity index (χ1) is 20.4. The van der Waals surface area contributed by atoms with Gasteiger partial charge in [-0.2, -0.15) is 0 Å². The zero-order chi connectivity index (χ0) is 29.5. The van der Waals surface area contributed by atoms with Crippen LogP contribution >= 0.6 is 0 Å². The topological polar surface area (TPSA) is 135 Å². The van der Waals surface area contributed by atoms with Gasteiger partial charge in [0, 0.05) is 38.0 Å². The van der Waals surface area contributed by atoms with Gasteiger partial charge in [-0.1, -0.05) is 62.2 Å². The molecule has 4 bridgehead atoms. The van der Waals surface area contributed by atoms with Crippen molar-refractivity contribution in [2.75, 3.05) is 13.7 Å². The Labute approximate surface area is 247 Å². The summed E-state index contributed by atoms with van der Waals surface area (Å²) in [6.45, 7) is -0.650.